The average Bonchev–Trinajstić information content (AvgIpc) is 2.55. The molecule has 0 amide bonds. The van der Waals surface area contributed by atoms with Crippen LogP contribution >= 0.6 is 0 Å². The third-order valence-electron chi connectivity index (χ3n) is 2.33. The van der Waals surface area contributed by atoms with Crippen LogP contribution in [0.3, 0.4) is 0 Å². The van der Waals surface area contributed by atoms with E-state index in [1.54, 1.807) is 0 Å². The standard InChI is InChI=1S/C10H19NO2/c1-8(2)4-6-13-10(12)9-3-5-11-7-9/h8-9,11H,3-7H2,1-2H3. The summed E-state index contributed by atoms with van der Waals surface area (Å²) in [6.07, 6.45) is 1.90. The van der Waals surface area contributed by atoms with E-state index in [0.717, 1.165) is 25.9 Å². The number of nitrogens with one attached hydrogen (secondary N) is 1. The quantitative estimate of drug-likeness (QED) is 0.668. The second-order valence-corrected chi connectivity index (χ2v) is 4.04. The summed E-state index contributed by atoms with van der Waals surface area (Å²) in [6.45, 7) is 6.58. The number of hydrogen-bond acceptors (Lipinski definition) is 3. The fourth-order valence-electron chi connectivity index (χ4n) is 1.37. The smallest absolute Gasteiger partial charge is 0.310 e. The van der Waals surface area contributed by atoms with E-state index >= 15 is 0 Å². The summed E-state index contributed by atoms with van der Waals surface area (Å²) in [7, 11) is 0. The van der Waals surface area contributed by atoms with Crippen LogP contribution < -0.4 is 5.32 Å². The fraction of sp³-hybridized carbons (Fsp3) is 0.900. The van der Waals surface area contributed by atoms with Gasteiger partial charge in [-0.1, -0.05) is 13.8 Å². The van der Waals surface area contributed by atoms with Gasteiger partial charge in [0, 0.05) is 6.54 Å². The SMILES string of the molecule is CC(C)CCOC(=O)C1CCNC1. The van der Waals surface area contributed by atoms with Gasteiger partial charge >= 0.3 is 5.97 Å². The third-order valence-corrected chi connectivity index (χ3v) is 2.33. The van der Waals surface area contributed by atoms with Crippen LogP contribution in [0.15, 0.2) is 0 Å². The maximum Gasteiger partial charge on any atom is 0.310 e. The molecule has 0 aromatic rings. The predicted octanol–water partition coefficient (Wildman–Crippen LogP) is 1.19. The van der Waals surface area contributed by atoms with Crippen molar-refractivity contribution in [3.63, 3.8) is 0 Å². The molecule has 3 heteroatoms. The highest BCUT2D eigenvalue weighted by Gasteiger charge is 2.23. The van der Waals surface area contributed by atoms with Gasteiger partial charge < -0.3 is 10.1 Å². The molecule has 3 nitrogen and oxygen atoms in total. The molecular formula is C10H19NO2. The third kappa shape index (κ3) is 3.77. The van der Waals surface area contributed by atoms with E-state index in [-0.39, 0.29) is 11.9 Å². The monoisotopic (exact) mass is 185 g/mol. The lowest BCUT2D eigenvalue weighted by Gasteiger charge is -2.09. The van der Waals surface area contributed by atoms with Crippen molar-refractivity contribution >= 4 is 5.97 Å². The van der Waals surface area contributed by atoms with Crippen molar-refractivity contribution in [1.82, 2.24) is 5.32 Å². The van der Waals surface area contributed by atoms with E-state index in [1.165, 1.54) is 0 Å². The molecule has 0 radical (unpaired) electrons. The number of carbonyl (C=O) groups is 1. The van der Waals surface area contributed by atoms with Gasteiger partial charge in [-0.25, -0.2) is 0 Å². The molecule has 0 aromatic carbocycles. The molecule has 1 aliphatic rings. The fourth-order valence-corrected chi connectivity index (χ4v) is 1.37. The Hall–Kier alpha value is -0.570. The van der Waals surface area contributed by atoms with Crippen LogP contribution in [0, 0.1) is 11.8 Å². The molecule has 0 spiro atoms. The van der Waals surface area contributed by atoms with Gasteiger partial charge in [0.25, 0.3) is 0 Å². The normalized spacial score (nSPS) is 22.2. The Morgan fingerprint density at radius 2 is 2.38 bits per heavy atom. The Morgan fingerprint density at radius 1 is 1.62 bits per heavy atom. The summed E-state index contributed by atoms with van der Waals surface area (Å²) < 4.78 is 5.16. The van der Waals surface area contributed by atoms with Gasteiger partial charge in [0.05, 0.1) is 12.5 Å². The van der Waals surface area contributed by atoms with Gasteiger partial charge in [-0.2, -0.15) is 0 Å². The number of hydrogen-bond donors (Lipinski definition) is 1. The first kappa shape index (κ1) is 10.5. The van der Waals surface area contributed by atoms with Gasteiger partial charge in [0.2, 0.25) is 0 Å². The zero-order valence-corrected chi connectivity index (χ0v) is 8.51. The minimum Gasteiger partial charge on any atom is -0.465 e. The summed E-state index contributed by atoms with van der Waals surface area (Å²) in [5, 5.41) is 3.15. The molecule has 1 unspecified atom stereocenters. The molecule has 1 fully saturated rings. The minimum absolute atomic E-state index is 0.0225. The molecule has 1 aliphatic heterocycles. The van der Waals surface area contributed by atoms with Gasteiger partial charge in [-0.05, 0) is 25.3 Å². The lowest BCUT2D eigenvalue weighted by molar-refractivity contribution is -0.148. The van der Waals surface area contributed by atoms with Crippen molar-refractivity contribution in [3.8, 4) is 0 Å². The van der Waals surface area contributed by atoms with Gasteiger partial charge in [-0.3, -0.25) is 4.79 Å². The second-order valence-electron chi connectivity index (χ2n) is 4.04. The first-order valence-electron chi connectivity index (χ1n) is 5.07. The van der Waals surface area contributed by atoms with E-state index in [0.29, 0.717) is 12.5 Å². The molecule has 13 heavy (non-hydrogen) atoms. The van der Waals surface area contributed by atoms with E-state index < -0.39 is 0 Å². The highest BCUT2D eigenvalue weighted by atomic mass is 16.5. The zero-order valence-electron chi connectivity index (χ0n) is 8.51. The molecular weight excluding hydrogens is 166 g/mol. The van der Waals surface area contributed by atoms with Crippen LogP contribution in [0.5, 0.6) is 0 Å². The highest BCUT2D eigenvalue weighted by molar-refractivity contribution is 5.73. The van der Waals surface area contributed by atoms with Crippen molar-refractivity contribution in [3.05, 3.63) is 0 Å². The van der Waals surface area contributed by atoms with Crippen LogP contribution in [-0.4, -0.2) is 25.7 Å². The molecule has 1 rings (SSSR count). The van der Waals surface area contributed by atoms with E-state index in [2.05, 4.69) is 19.2 Å². The van der Waals surface area contributed by atoms with Crippen molar-refractivity contribution in [2.75, 3.05) is 19.7 Å². The lowest BCUT2D eigenvalue weighted by atomic mass is 10.1. The lowest BCUT2D eigenvalue weighted by Crippen LogP contribution is -2.21. The van der Waals surface area contributed by atoms with Crippen LogP contribution in [0.25, 0.3) is 0 Å². The second kappa shape index (κ2) is 5.22. The van der Waals surface area contributed by atoms with E-state index in [9.17, 15) is 4.79 Å². The van der Waals surface area contributed by atoms with Gasteiger partial charge in [0.15, 0.2) is 0 Å². The molecule has 76 valence electrons. The minimum atomic E-state index is -0.0225. The highest BCUT2D eigenvalue weighted by Crippen LogP contribution is 2.10. The van der Waals surface area contributed by atoms with Crippen LogP contribution in [-0.2, 0) is 9.53 Å². The maximum absolute atomic E-state index is 11.4. The molecule has 0 saturated carbocycles. The predicted molar refractivity (Wildman–Crippen MR) is 51.4 cm³/mol. The first-order chi connectivity index (χ1) is 6.20. The number of rotatable bonds is 4. The average molecular weight is 185 g/mol. The van der Waals surface area contributed by atoms with E-state index in [1.807, 2.05) is 0 Å². The van der Waals surface area contributed by atoms with Crippen molar-refractivity contribution < 1.29 is 9.53 Å². The summed E-state index contributed by atoms with van der Waals surface area (Å²) in [6, 6.07) is 0. The number of carbonyl (C=O) groups excluding carboxylic acids is 1. The molecule has 1 heterocycles. The summed E-state index contributed by atoms with van der Waals surface area (Å²) >= 11 is 0. The Balaban J connectivity index is 2.10. The van der Waals surface area contributed by atoms with E-state index in [4.69, 9.17) is 4.74 Å². The Labute approximate surface area is 79.8 Å². The van der Waals surface area contributed by atoms with Gasteiger partial charge in [0.1, 0.15) is 0 Å². The summed E-state index contributed by atoms with van der Waals surface area (Å²) in [5.41, 5.74) is 0. The Kier molecular flexibility index (Phi) is 4.22. The van der Waals surface area contributed by atoms with Crippen LogP contribution in [0.1, 0.15) is 26.7 Å². The Bertz CT molecular complexity index is 162. The topological polar surface area (TPSA) is 38.3 Å². The zero-order chi connectivity index (χ0) is 9.68. The molecule has 1 N–H and O–H groups in total. The maximum atomic E-state index is 11.4. The van der Waals surface area contributed by atoms with Crippen molar-refractivity contribution in [2.24, 2.45) is 11.8 Å². The molecule has 0 bridgehead atoms. The van der Waals surface area contributed by atoms with Crippen molar-refractivity contribution in [2.45, 2.75) is 26.7 Å². The molecule has 0 aliphatic carbocycles. The summed E-state index contributed by atoms with van der Waals surface area (Å²) in [5.74, 6) is 0.687. The summed E-state index contributed by atoms with van der Waals surface area (Å²) in [4.78, 5) is 11.4. The molecule has 0 aromatic heterocycles. The molecule has 1 atom stereocenters. The number of esters is 1. The first-order valence-corrected chi connectivity index (χ1v) is 5.07. The van der Waals surface area contributed by atoms with Gasteiger partial charge in [-0.15, -0.1) is 0 Å². The van der Waals surface area contributed by atoms with Crippen molar-refractivity contribution in [1.29, 1.82) is 0 Å². The Morgan fingerprint density at radius 3 is 2.92 bits per heavy atom. The van der Waals surface area contributed by atoms with Crippen LogP contribution in [0.2, 0.25) is 0 Å². The van der Waals surface area contributed by atoms with Crippen LogP contribution in [0.4, 0.5) is 0 Å². The molecule has 1 saturated heterocycles. The largest absolute Gasteiger partial charge is 0.465 e. The number of ether oxygens (including phenoxy) is 1.